The van der Waals surface area contributed by atoms with E-state index in [9.17, 15) is 14.4 Å². The van der Waals surface area contributed by atoms with Crippen LogP contribution in [-0.2, 0) is 14.4 Å². The van der Waals surface area contributed by atoms with Crippen molar-refractivity contribution in [2.75, 3.05) is 18.2 Å². The molecule has 0 aliphatic carbocycles. The smallest absolute Gasteiger partial charge is 0.326 e. The minimum Gasteiger partial charge on any atom is -0.480 e. The van der Waals surface area contributed by atoms with E-state index in [0.717, 1.165) is 0 Å². The molecule has 7 heteroatoms. The lowest BCUT2D eigenvalue weighted by Crippen LogP contribution is -2.46. The van der Waals surface area contributed by atoms with Crippen LogP contribution in [0.15, 0.2) is 0 Å². The Morgan fingerprint density at radius 3 is 2.61 bits per heavy atom. The highest BCUT2D eigenvalue weighted by atomic mass is 32.2. The zero-order chi connectivity index (χ0) is 13.7. The Kier molecular flexibility index (Phi) is 5.46. The number of rotatable bonds is 6. The molecule has 0 bridgehead atoms. The molecule has 0 unspecified atom stereocenters. The molecule has 1 fully saturated rings. The largest absolute Gasteiger partial charge is 0.480 e. The van der Waals surface area contributed by atoms with Crippen molar-refractivity contribution in [3.8, 4) is 0 Å². The summed E-state index contributed by atoms with van der Waals surface area (Å²) in [4.78, 5) is 35.4. The van der Waals surface area contributed by atoms with Gasteiger partial charge in [-0.2, -0.15) is 0 Å². The van der Waals surface area contributed by atoms with Crippen LogP contribution in [0.25, 0.3) is 0 Å². The van der Waals surface area contributed by atoms with Crippen LogP contribution in [0, 0.1) is 5.92 Å². The Hall–Kier alpha value is -1.24. The third-order valence-corrected chi connectivity index (χ3v) is 3.45. The van der Waals surface area contributed by atoms with E-state index in [1.807, 2.05) is 13.8 Å². The first-order valence-electron chi connectivity index (χ1n) is 5.78. The Balaban J connectivity index is 2.45. The number of carboxylic acid groups (broad SMARTS) is 1. The molecular formula is C11H18N2O4S. The molecule has 0 saturated carbocycles. The summed E-state index contributed by atoms with van der Waals surface area (Å²) < 4.78 is 0. The van der Waals surface area contributed by atoms with Gasteiger partial charge in [-0.1, -0.05) is 13.8 Å². The van der Waals surface area contributed by atoms with E-state index < -0.39 is 17.9 Å². The summed E-state index contributed by atoms with van der Waals surface area (Å²) in [5.74, 6) is -0.477. The fraction of sp³-hybridized carbons (Fsp3) is 0.727. The Bertz CT molecular complexity index is 346. The predicted molar refractivity (Wildman–Crippen MR) is 68.1 cm³/mol. The fourth-order valence-corrected chi connectivity index (χ4v) is 2.55. The summed E-state index contributed by atoms with van der Waals surface area (Å²) in [7, 11) is 0. The maximum absolute atomic E-state index is 11.7. The van der Waals surface area contributed by atoms with Gasteiger partial charge in [0.2, 0.25) is 11.8 Å². The van der Waals surface area contributed by atoms with Crippen molar-refractivity contribution in [2.24, 2.45) is 5.92 Å². The second kappa shape index (κ2) is 6.63. The number of carbonyl (C=O) groups excluding carboxylic acids is 2. The third kappa shape index (κ3) is 4.56. The molecule has 0 radical (unpaired) electrons. The standard InChI is InChI=1S/C11H18N2O4S/c1-7(2)3-8(11(16)17)12-9(14)4-13-6-18-5-10(13)15/h7-8H,3-6H2,1-2H3,(H,12,14)(H,16,17)/t8-/m1/s1. The zero-order valence-electron chi connectivity index (χ0n) is 10.5. The molecule has 2 amide bonds. The number of amides is 2. The number of carboxylic acids is 1. The minimum atomic E-state index is -1.04. The van der Waals surface area contributed by atoms with Gasteiger partial charge in [-0.3, -0.25) is 9.59 Å². The van der Waals surface area contributed by atoms with E-state index in [2.05, 4.69) is 5.32 Å². The molecule has 0 aromatic rings. The maximum Gasteiger partial charge on any atom is 0.326 e. The van der Waals surface area contributed by atoms with E-state index in [1.54, 1.807) is 0 Å². The van der Waals surface area contributed by atoms with Crippen LogP contribution in [-0.4, -0.2) is 52.0 Å². The minimum absolute atomic E-state index is 0.0618. The van der Waals surface area contributed by atoms with Gasteiger partial charge in [0, 0.05) is 0 Å². The summed E-state index contributed by atoms with van der Waals surface area (Å²) in [6.45, 7) is 3.72. The number of aliphatic carboxylic acids is 1. The molecule has 18 heavy (non-hydrogen) atoms. The van der Waals surface area contributed by atoms with E-state index in [1.165, 1.54) is 16.7 Å². The molecular weight excluding hydrogens is 256 g/mol. The van der Waals surface area contributed by atoms with Gasteiger partial charge >= 0.3 is 5.97 Å². The Labute approximate surface area is 110 Å². The molecule has 2 N–H and O–H groups in total. The van der Waals surface area contributed by atoms with Gasteiger partial charge in [-0.15, -0.1) is 11.8 Å². The van der Waals surface area contributed by atoms with Gasteiger partial charge in [0.15, 0.2) is 0 Å². The fourth-order valence-electron chi connectivity index (χ4n) is 1.65. The lowest BCUT2D eigenvalue weighted by molar-refractivity contribution is -0.142. The summed E-state index contributed by atoms with van der Waals surface area (Å²) in [5.41, 5.74) is 0. The molecule has 102 valence electrons. The lowest BCUT2D eigenvalue weighted by Gasteiger charge is -2.19. The second-order valence-electron chi connectivity index (χ2n) is 4.66. The van der Waals surface area contributed by atoms with Crippen LogP contribution in [0.5, 0.6) is 0 Å². The van der Waals surface area contributed by atoms with E-state index in [0.29, 0.717) is 18.1 Å². The van der Waals surface area contributed by atoms with Gasteiger partial charge in [0.25, 0.3) is 0 Å². The van der Waals surface area contributed by atoms with Crippen molar-refractivity contribution < 1.29 is 19.5 Å². The molecule has 1 rings (SSSR count). The first kappa shape index (κ1) is 14.8. The number of hydrogen-bond donors (Lipinski definition) is 2. The van der Waals surface area contributed by atoms with Crippen molar-refractivity contribution in [3.05, 3.63) is 0 Å². The molecule has 6 nitrogen and oxygen atoms in total. The summed E-state index contributed by atoms with van der Waals surface area (Å²) in [6, 6.07) is -0.886. The second-order valence-corrected chi connectivity index (χ2v) is 5.61. The quantitative estimate of drug-likeness (QED) is 0.719. The highest BCUT2D eigenvalue weighted by Gasteiger charge is 2.26. The van der Waals surface area contributed by atoms with Crippen LogP contribution in [0.4, 0.5) is 0 Å². The zero-order valence-corrected chi connectivity index (χ0v) is 11.3. The normalized spacial score (nSPS) is 17.1. The van der Waals surface area contributed by atoms with Gasteiger partial charge < -0.3 is 15.3 Å². The Morgan fingerprint density at radius 2 is 2.17 bits per heavy atom. The summed E-state index contributed by atoms with van der Waals surface area (Å²) >= 11 is 1.45. The highest BCUT2D eigenvalue weighted by molar-refractivity contribution is 8.00. The molecule has 0 aromatic carbocycles. The van der Waals surface area contributed by atoms with Crippen molar-refractivity contribution >= 4 is 29.5 Å². The van der Waals surface area contributed by atoms with Crippen LogP contribution in [0.1, 0.15) is 20.3 Å². The first-order valence-corrected chi connectivity index (χ1v) is 6.93. The van der Waals surface area contributed by atoms with Crippen LogP contribution >= 0.6 is 11.8 Å². The van der Waals surface area contributed by atoms with Gasteiger partial charge in [0.1, 0.15) is 12.6 Å². The van der Waals surface area contributed by atoms with E-state index >= 15 is 0 Å². The average Bonchev–Trinajstić information content (AvgIpc) is 2.62. The van der Waals surface area contributed by atoms with Crippen molar-refractivity contribution in [1.29, 1.82) is 0 Å². The van der Waals surface area contributed by atoms with Gasteiger partial charge in [-0.25, -0.2) is 4.79 Å². The molecule has 1 heterocycles. The lowest BCUT2D eigenvalue weighted by atomic mass is 10.0. The SMILES string of the molecule is CC(C)C[C@@H](NC(=O)CN1CSCC1=O)C(=O)O. The first-order chi connectivity index (χ1) is 8.40. The summed E-state index contributed by atoms with van der Waals surface area (Å²) in [5, 5.41) is 11.4. The number of nitrogens with one attached hydrogen (secondary N) is 1. The molecule has 1 aliphatic rings. The number of thioether (sulfide) groups is 1. The van der Waals surface area contributed by atoms with Gasteiger partial charge in [-0.05, 0) is 12.3 Å². The van der Waals surface area contributed by atoms with Gasteiger partial charge in [0.05, 0.1) is 11.6 Å². The maximum atomic E-state index is 11.7. The molecule has 0 aromatic heterocycles. The van der Waals surface area contributed by atoms with E-state index in [-0.39, 0.29) is 18.4 Å². The molecule has 1 aliphatic heterocycles. The van der Waals surface area contributed by atoms with Crippen LogP contribution < -0.4 is 5.32 Å². The number of hydrogen-bond acceptors (Lipinski definition) is 4. The molecule has 0 spiro atoms. The van der Waals surface area contributed by atoms with Crippen LogP contribution in [0.2, 0.25) is 0 Å². The predicted octanol–water partition coefficient (Wildman–Crippen LogP) is 0.135. The van der Waals surface area contributed by atoms with Crippen molar-refractivity contribution in [1.82, 2.24) is 10.2 Å². The monoisotopic (exact) mass is 274 g/mol. The summed E-state index contributed by atoms with van der Waals surface area (Å²) in [6.07, 6.45) is 0.379. The Morgan fingerprint density at radius 1 is 1.50 bits per heavy atom. The van der Waals surface area contributed by atoms with E-state index in [4.69, 9.17) is 5.11 Å². The third-order valence-electron chi connectivity index (χ3n) is 2.50. The number of carbonyl (C=O) groups is 3. The average molecular weight is 274 g/mol. The van der Waals surface area contributed by atoms with Crippen molar-refractivity contribution in [3.63, 3.8) is 0 Å². The topological polar surface area (TPSA) is 86.7 Å². The highest BCUT2D eigenvalue weighted by Crippen LogP contribution is 2.14. The van der Waals surface area contributed by atoms with Crippen LogP contribution in [0.3, 0.4) is 0 Å². The molecule has 1 saturated heterocycles. The van der Waals surface area contributed by atoms with Crippen molar-refractivity contribution in [2.45, 2.75) is 26.3 Å². The number of nitrogens with zero attached hydrogens (tertiary/aromatic N) is 1. The molecule has 1 atom stereocenters.